The lowest BCUT2D eigenvalue weighted by Gasteiger charge is -2.33. The summed E-state index contributed by atoms with van der Waals surface area (Å²) in [5.74, 6) is 0.570. The average Bonchev–Trinajstić information content (AvgIpc) is 2.95. The van der Waals surface area contributed by atoms with Crippen LogP contribution >= 0.6 is 0 Å². The number of carbonyl (C=O) groups is 2. The van der Waals surface area contributed by atoms with Crippen molar-refractivity contribution in [1.82, 2.24) is 20.0 Å². The van der Waals surface area contributed by atoms with Crippen molar-refractivity contribution in [1.29, 1.82) is 0 Å². The summed E-state index contributed by atoms with van der Waals surface area (Å²) in [5, 5.41) is 7.19. The Balaban J connectivity index is 1.64. The maximum Gasteiger partial charge on any atom is 0.318 e. The van der Waals surface area contributed by atoms with Crippen LogP contribution in [-0.2, 0) is 11.8 Å². The highest BCUT2D eigenvalue weighted by Gasteiger charge is 2.32. The number of aromatic nitrogens is 2. The van der Waals surface area contributed by atoms with E-state index < -0.39 is 6.04 Å². The molecule has 1 aromatic heterocycles. The van der Waals surface area contributed by atoms with Crippen LogP contribution in [0.15, 0.2) is 23.9 Å². The summed E-state index contributed by atoms with van der Waals surface area (Å²) in [6, 6.07) is 1.20. The van der Waals surface area contributed by atoms with Gasteiger partial charge in [0.1, 0.15) is 6.04 Å². The van der Waals surface area contributed by atoms with Crippen molar-refractivity contribution in [2.75, 3.05) is 24.5 Å². The monoisotopic (exact) mass is 317 g/mol. The fourth-order valence-electron chi connectivity index (χ4n) is 3.11. The highest BCUT2D eigenvalue weighted by molar-refractivity contribution is 5.99. The van der Waals surface area contributed by atoms with Crippen LogP contribution in [0, 0.1) is 0 Å². The van der Waals surface area contributed by atoms with E-state index in [0.29, 0.717) is 31.9 Å². The minimum absolute atomic E-state index is 0.0763. The highest BCUT2D eigenvalue weighted by atomic mass is 16.2. The Morgan fingerprint density at radius 1 is 1.39 bits per heavy atom. The molecule has 0 saturated carbocycles. The first-order chi connectivity index (χ1) is 11.0. The van der Waals surface area contributed by atoms with Gasteiger partial charge in [0.2, 0.25) is 0 Å². The molecular weight excluding hydrogens is 294 g/mol. The standard InChI is InChI=1S/C16H23N5O2/c1-12-5-3-8-20(11-12)16(23)17-13-6-4-9-21(15(13)22)14-7-10-19(2)18-14/h5,7,10,13H,3-4,6,8-9,11H2,1-2H3,(H,17,23)/t13-/m1/s1. The smallest absolute Gasteiger partial charge is 0.318 e. The molecule has 0 radical (unpaired) electrons. The topological polar surface area (TPSA) is 70.5 Å². The van der Waals surface area contributed by atoms with Crippen LogP contribution in [0.25, 0.3) is 0 Å². The van der Waals surface area contributed by atoms with Gasteiger partial charge in [-0.2, -0.15) is 5.10 Å². The number of piperidine rings is 1. The van der Waals surface area contributed by atoms with Crippen molar-refractivity contribution in [2.45, 2.75) is 32.2 Å². The summed E-state index contributed by atoms with van der Waals surface area (Å²) in [6.45, 7) is 4.01. The summed E-state index contributed by atoms with van der Waals surface area (Å²) >= 11 is 0. The van der Waals surface area contributed by atoms with Crippen LogP contribution in [0.3, 0.4) is 0 Å². The molecule has 0 aliphatic carbocycles. The van der Waals surface area contributed by atoms with Gasteiger partial charge in [0.25, 0.3) is 5.91 Å². The van der Waals surface area contributed by atoms with E-state index in [-0.39, 0.29) is 11.9 Å². The lowest BCUT2D eigenvalue weighted by Crippen LogP contribution is -2.55. The van der Waals surface area contributed by atoms with Gasteiger partial charge < -0.3 is 10.2 Å². The van der Waals surface area contributed by atoms with Crippen LogP contribution in [0.1, 0.15) is 26.2 Å². The fourth-order valence-corrected chi connectivity index (χ4v) is 3.11. The molecule has 1 atom stereocenters. The second kappa shape index (κ2) is 6.44. The Hall–Kier alpha value is -2.31. The van der Waals surface area contributed by atoms with Crippen LogP contribution in [0.4, 0.5) is 10.6 Å². The number of nitrogens with zero attached hydrogens (tertiary/aromatic N) is 4. The molecule has 7 nitrogen and oxygen atoms in total. The van der Waals surface area contributed by atoms with Crippen LogP contribution in [0.2, 0.25) is 0 Å². The molecule has 2 aliphatic rings. The first-order valence-corrected chi connectivity index (χ1v) is 8.06. The van der Waals surface area contributed by atoms with E-state index in [4.69, 9.17) is 0 Å². The van der Waals surface area contributed by atoms with E-state index in [1.807, 2.05) is 26.2 Å². The lowest BCUT2D eigenvalue weighted by atomic mass is 10.0. The maximum absolute atomic E-state index is 12.6. The molecule has 23 heavy (non-hydrogen) atoms. The first kappa shape index (κ1) is 15.6. The molecule has 1 fully saturated rings. The van der Waals surface area contributed by atoms with Gasteiger partial charge in [-0.05, 0) is 26.2 Å². The lowest BCUT2D eigenvalue weighted by molar-refractivity contribution is -0.121. The number of hydrogen-bond donors (Lipinski definition) is 1. The van der Waals surface area contributed by atoms with Crippen LogP contribution < -0.4 is 10.2 Å². The third kappa shape index (κ3) is 3.38. The molecule has 124 valence electrons. The normalized spacial score (nSPS) is 22.1. The van der Waals surface area contributed by atoms with Gasteiger partial charge in [-0.25, -0.2) is 4.79 Å². The van der Waals surface area contributed by atoms with E-state index in [0.717, 1.165) is 12.8 Å². The van der Waals surface area contributed by atoms with Gasteiger partial charge in [-0.15, -0.1) is 0 Å². The molecule has 2 aliphatic heterocycles. The molecule has 3 rings (SSSR count). The zero-order valence-corrected chi connectivity index (χ0v) is 13.7. The van der Waals surface area contributed by atoms with Gasteiger partial charge in [0.15, 0.2) is 5.82 Å². The highest BCUT2D eigenvalue weighted by Crippen LogP contribution is 2.19. The van der Waals surface area contributed by atoms with Crippen molar-refractivity contribution >= 4 is 17.8 Å². The fraction of sp³-hybridized carbons (Fsp3) is 0.562. The minimum atomic E-state index is -0.468. The molecule has 3 amide bonds. The Morgan fingerprint density at radius 3 is 2.91 bits per heavy atom. The van der Waals surface area contributed by atoms with E-state index in [1.54, 1.807) is 14.5 Å². The molecule has 7 heteroatoms. The van der Waals surface area contributed by atoms with Gasteiger partial charge in [0, 0.05) is 38.9 Å². The van der Waals surface area contributed by atoms with Crippen molar-refractivity contribution in [3.63, 3.8) is 0 Å². The summed E-state index contributed by atoms with van der Waals surface area (Å²) in [5.41, 5.74) is 1.19. The number of amides is 3. The third-order valence-corrected chi connectivity index (χ3v) is 4.33. The molecule has 0 aromatic carbocycles. The second-order valence-electron chi connectivity index (χ2n) is 6.24. The summed E-state index contributed by atoms with van der Waals surface area (Å²) in [7, 11) is 1.82. The average molecular weight is 317 g/mol. The predicted octanol–water partition coefficient (Wildman–Crippen LogP) is 1.28. The summed E-state index contributed by atoms with van der Waals surface area (Å²) < 4.78 is 1.67. The Morgan fingerprint density at radius 2 is 2.22 bits per heavy atom. The van der Waals surface area contributed by atoms with E-state index >= 15 is 0 Å². The zero-order chi connectivity index (χ0) is 16.4. The third-order valence-electron chi connectivity index (χ3n) is 4.33. The number of urea groups is 1. The van der Waals surface area contributed by atoms with Gasteiger partial charge in [-0.1, -0.05) is 11.6 Å². The number of nitrogens with one attached hydrogen (secondary N) is 1. The number of rotatable bonds is 2. The minimum Gasteiger partial charge on any atom is -0.326 e. The van der Waals surface area contributed by atoms with Gasteiger partial charge in [0.05, 0.1) is 0 Å². The largest absolute Gasteiger partial charge is 0.326 e. The Kier molecular flexibility index (Phi) is 4.36. The maximum atomic E-state index is 12.6. The van der Waals surface area contributed by atoms with E-state index in [9.17, 15) is 9.59 Å². The van der Waals surface area contributed by atoms with E-state index in [1.165, 1.54) is 5.57 Å². The molecule has 1 aromatic rings. The van der Waals surface area contributed by atoms with Crippen LogP contribution in [-0.4, -0.2) is 52.3 Å². The number of anilines is 1. The van der Waals surface area contributed by atoms with Crippen molar-refractivity contribution in [2.24, 2.45) is 7.05 Å². The second-order valence-corrected chi connectivity index (χ2v) is 6.24. The van der Waals surface area contributed by atoms with E-state index in [2.05, 4.69) is 16.5 Å². The number of carbonyl (C=O) groups excluding carboxylic acids is 2. The molecule has 0 spiro atoms. The zero-order valence-electron chi connectivity index (χ0n) is 13.7. The molecule has 0 bridgehead atoms. The SMILES string of the molecule is CC1=CCCN(C(=O)N[C@@H]2CCCN(c3ccn(C)n3)C2=O)C1. The number of aryl methyl sites for hydroxylation is 1. The van der Waals surface area contributed by atoms with Gasteiger partial charge >= 0.3 is 6.03 Å². The van der Waals surface area contributed by atoms with Crippen molar-refractivity contribution < 1.29 is 9.59 Å². The molecule has 3 heterocycles. The molecule has 1 N–H and O–H groups in total. The van der Waals surface area contributed by atoms with Gasteiger partial charge in [-0.3, -0.25) is 14.4 Å². The first-order valence-electron chi connectivity index (χ1n) is 8.06. The molecular formula is C16H23N5O2. The van der Waals surface area contributed by atoms with Crippen LogP contribution in [0.5, 0.6) is 0 Å². The Labute approximate surface area is 135 Å². The number of hydrogen-bond acceptors (Lipinski definition) is 3. The van der Waals surface area contributed by atoms with Crippen molar-refractivity contribution in [3.05, 3.63) is 23.9 Å². The summed E-state index contributed by atoms with van der Waals surface area (Å²) in [6.07, 6.45) is 6.37. The summed E-state index contributed by atoms with van der Waals surface area (Å²) in [4.78, 5) is 28.5. The predicted molar refractivity (Wildman–Crippen MR) is 87.1 cm³/mol. The quantitative estimate of drug-likeness (QED) is 0.835. The Bertz CT molecular complexity index is 636. The molecule has 0 unspecified atom stereocenters. The van der Waals surface area contributed by atoms with Crippen molar-refractivity contribution in [3.8, 4) is 0 Å². The molecule has 1 saturated heterocycles.